The highest BCUT2D eigenvalue weighted by atomic mass is 127. The lowest BCUT2D eigenvalue weighted by Crippen LogP contribution is -2.20. The van der Waals surface area contributed by atoms with Crippen molar-refractivity contribution in [1.29, 1.82) is 0 Å². The zero-order valence-electron chi connectivity index (χ0n) is 10.2. The number of ether oxygens (including phenoxy) is 2. The van der Waals surface area contributed by atoms with E-state index in [1.165, 1.54) is 0 Å². The average molecular weight is 369 g/mol. The summed E-state index contributed by atoms with van der Waals surface area (Å²) in [5.41, 5.74) is 1.05. The van der Waals surface area contributed by atoms with E-state index < -0.39 is 0 Å². The molecule has 0 aliphatic rings. The maximum atomic E-state index is 6.17. The monoisotopic (exact) mass is 368 g/mol. The lowest BCUT2D eigenvalue weighted by Gasteiger charge is -2.22. The molecule has 0 radical (unpaired) electrons. The summed E-state index contributed by atoms with van der Waals surface area (Å²) in [6.07, 6.45) is 0.103. The Kier molecular flexibility index (Phi) is 7.43. The van der Waals surface area contributed by atoms with Crippen LogP contribution in [-0.2, 0) is 9.47 Å². The Morgan fingerprint density at radius 2 is 2.06 bits per heavy atom. The summed E-state index contributed by atoms with van der Waals surface area (Å²) in [6.45, 7) is 5.34. The molecule has 0 fully saturated rings. The Labute approximate surface area is 122 Å². The molecule has 0 heterocycles. The number of rotatable bonds is 7. The summed E-state index contributed by atoms with van der Waals surface area (Å²) in [7, 11) is 0. The minimum atomic E-state index is 0.0276. The first-order valence-corrected chi connectivity index (χ1v) is 7.63. The largest absolute Gasteiger partial charge is 0.379 e. The van der Waals surface area contributed by atoms with Crippen molar-refractivity contribution < 1.29 is 9.47 Å². The van der Waals surface area contributed by atoms with Crippen LogP contribution in [-0.4, -0.2) is 23.7 Å². The van der Waals surface area contributed by atoms with Crippen molar-refractivity contribution >= 4 is 34.2 Å². The molecular formula is C13H18ClIO2. The highest BCUT2D eigenvalue weighted by Crippen LogP contribution is 2.28. The van der Waals surface area contributed by atoms with Gasteiger partial charge >= 0.3 is 0 Å². The third-order valence-corrected chi connectivity index (χ3v) is 3.49. The Bertz CT molecular complexity index is 333. The van der Waals surface area contributed by atoms with Crippen LogP contribution in [0.2, 0.25) is 5.02 Å². The van der Waals surface area contributed by atoms with Gasteiger partial charge in [0, 0.05) is 21.6 Å². The van der Waals surface area contributed by atoms with Crippen molar-refractivity contribution in [3.8, 4) is 0 Å². The summed E-state index contributed by atoms with van der Waals surface area (Å²) in [5.74, 6) is 0. The molecule has 0 saturated heterocycles. The zero-order valence-corrected chi connectivity index (χ0v) is 13.1. The molecule has 1 rings (SSSR count). The summed E-state index contributed by atoms with van der Waals surface area (Å²) >= 11 is 8.49. The fourth-order valence-corrected chi connectivity index (χ4v) is 2.47. The molecule has 0 bridgehead atoms. The summed E-state index contributed by atoms with van der Waals surface area (Å²) in [6, 6.07) is 7.82. The molecule has 0 aliphatic carbocycles. The number of hydrogen-bond donors (Lipinski definition) is 0. The van der Waals surface area contributed by atoms with Crippen LogP contribution in [0.1, 0.15) is 25.5 Å². The van der Waals surface area contributed by atoms with Gasteiger partial charge in [0.1, 0.15) is 0 Å². The smallest absolute Gasteiger partial charge is 0.0933 e. The molecule has 0 saturated carbocycles. The van der Waals surface area contributed by atoms with Crippen LogP contribution in [0.15, 0.2) is 24.3 Å². The van der Waals surface area contributed by atoms with Gasteiger partial charge in [-0.2, -0.15) is 0 Å². The zero-order chi connectivity index (χ0) is 12.7. The van der Waals surface area contributed by atoms with E-state index in [4.69, 9.17) is 21.1 Å². The molecule has 0 N–H and O–H groups in total. The van der Waals surface area contributed by atoms with E-state index in [0.717, 1.165) is 15.0 Å². The van der Waals surface area contributed by atoms with Crippen LogP contribution in [0.4, 0.5) is 0 Å². The number of halogens is 2. The highest BCUT2D eigenvalue weighted by molar-refractivity contribution is 14.1. The second-order valence-electron chi connectivity index (χ2n) is 3.77. The fraction of sp³-hybridized carbons (Fsp3) is 0.538. The summed E-state index contributed by atoms with van der Waals surface area (Å²) in [4.78, 5) is 0. The van der Waals surface area contributed by atoms with E-state index in [1.807, 2.05) is 38.1 Å². The van der Waals surface area contributed by atoms with Crippen molar-refractivity contribution in [3.05, 3.63) is 34.9 Å². The molecule has 17 heavy (non-hydrogen) atoms. The van der Waals surface area contributed by atoms with E-state index in [2.05, 4.69) is 22.6 Å². The predicted molar refractivity (Wildman–Crippen MR) is 80.1 cm³/mol. The minimum Gasteiger partial charge on any atom is -0.379 e. The molecule has 2 nitrogen and oxygen atoms in total. The average Bonchev–Trinajstić information content (AvgIpc) is 2.34. The maximum Gasteiger partial charge on any atom is 0.0933 e. The first-order valence-electron chi connectivity index (χ1n) is 5.72. The van der Waals surface area contributed by atoms with Gasteiger partial charge < -0.3 is 9.47 Å². The van der Waals surface area contributed by atoms with Crippen LogP contribution in [0, 0.1) is 0 Å². The van der Waals surface area contributed by atoms with Crippen LogP contribution >= 0.6 is 34.2 Å². The van der Waals surface area contributed by atoms with Gasteiger partial charge in [-0.05, 0) is 19.9 Å². The standard InChI is InChI=1S/C13H18ClIO2/c1-3-16-9-10(2)17-13(8-15)11-6-4-5-7-12(11)14/h4-7,10,13H,3,8-9H2,1-2H3. The SMILES string of the molecule is CCOCC(C)OC(CI)c1ccccc1Cl. The third-order valence-electron chi connectivity index (χ3n) is 2.35. The molecule has 0 amide bonds. The topological polar surface area (TPSA) is 18.5 Å². The molecule has 1 aromatic carbocycles. The molecule has 4 heteroatoms. The van der Waals surface area contributed by atoms with E-state index in [1.54, 1.807) is 0 Å². The van der Waals surface area contributed by atoms with E-state index in [9.17, 15) is 0 Å². The van der Waals surface area contributed by atoms with Gasteiger partial charge in [-0.15, -0.1) is 0 Å². The molecule has 2 unspecified atom stereocenters. The number of benzene rings is 1. The second-order valence-corrected chi connectivity index (χ2v) is 5.06. The van der Waals surface area contributed by atoms with E-state index in [0.29, 0.717) is 13.2 Å². The van der Waals surface area contributed by atoms with Crippen LogP contribution in [0.5, 0.6) is 0 Å². The van der Waals surface area contributed by atoms with Crippen molar-refractivity contribution in [3.63, 3.8) is 0 Å². The molecule has 96 valence electrons. The van der Waals surface area contributed by atoms with Gasteiger partial charge in [-0.3, -0.25) is 0 Å². The van der Waals surface area contributed by atoms with Crippen molar-refractivity contribution in [2.75, 3.05) is 17.6 Å². The molecular weight excluding hydrogens is 350 g/mol. The van der Waals surface area contributed by atoms with Crippen molar-refractivity contribution in [1.82, 2.24) is 0 Å². The van der Waals surface area contributed by atoms with Gasteiger partial charge in [0.05, 0.1) is 18.8 Å². The number of hydrogen-bond acceptors (Lipinski definition) is 2. The Balaban J connectivity index is 2.62. The van der Waals surface area contributed by atoms with Gasteiger partial charge in [-0.25, -0.2) is 0 Å². The third kappa shape index (κ3) is 5.12. The van der Waals surface area contributed by atoms with E-state index >= 15 is 0 Å². The highest BCUT2D eigenvalue weighted by Gasteiger charge is 2.16. The van der Waals surface area contributed by atoms with Gasteiger partial charge in [0.2, 0.25) is 0 Å². The Hall–Kier alpha value is 0.160. The van der Waals surface area contributed by atoms with Gasteiger partial charge in [-0.1, -0.05) is 52.4 Å². The summed E-state index contributed by atoms with van der Waals surface area (Å²) in [5, 5.41) is 0.762. The Morgan fingerprint density at radius 3 is 2.65 bits per heavy atom. The van der Waals surface area contributed by atoms with Gasteiger partial charge in [0.15, 0.2) is 0 Å². The quantitative estimate of drug-likeness (QED) is 0.529. The second kappa shape index (κ2) is 8.29. The van der Waals surface area contributed by atoms with Crippen LogP contribution < -0.4 is 0 Å². The molecule has 0 aliphatic heterocycles. The van der Waals surface area contributed by atoms with Gasteiger partial charge in [0.25, 0.3) is 0 Å². The molecule has 0 spiro atoms. The molecule has 2 atom stereocenters. The molecule has 1 aromatic rings. The lowest BCUT2D eigenvalue weighted by molar-refractivity contribution is -0.0376. The lowest BCUT2D eigenvalue weighted by atomic mass is 10.1. The fourth-order valence-electron chi connectivity index (χ4n) is 1.53. The van der Waals surface area contributed by atoms with E-state index in [-0.39, 0.29) is 12.2 Å². The molecule has 0 aromatic heterocycles. The van der Waals surface area contributed by atoms with Crippen LogP contribution in [0.25, 0.3) is 0 Å². The van der Waals surface area contributed by atoms with Crippen molar-refractivity contribution in [2.24, 2.45) is 0 Å². The number of alkyl halides is 1. The Morgan fingerprint density at radius 1 is 1.35 bits per heavy atom. The van der Waals surface area contributed by atoms with Crippen LogP contribution in [0.3, 0.4) is 0 Å². The minimum absolute atomic E-state index is 0.0276. The first-order chi connectivity index (χ1) is 8.19. The first kappa shape index (κ1) is 15.2. The maximum absolute atomic E-state index is 6.17. The van der Waals surface area contributed by atoms with Crippen molar-refractivity contribution in [2.45, 2.75) is 26.1 Å². The normalized spacial score (nSPS) is 14.6. The predicted octanol–water partition coefficient (Wildman–Crippen LogP) is 4.26. The summed E-state index contributed by atoms with van der Waals surface area (Å²) < 4.78 is 12.2.